The van der Waals surface area contributed by atoms with E-state index in [-0.39, 0.29) is 31.3 Å². The van der Waals surface area contributed by atoms with Gasteiger partial charge in [0.05, 0.1) is 31.2 Å². The van der Waals surface area contributed by atoms with Crippen LogP contribution < -0.4 is 32.1 Å². The second-order valence-corrected chi connectivity index (χ2v) is 11.8. The highest BCUT2D eigenvalue weighted by Crippen LogP contribution is 2.36. The summed E-state index contributed by atoms with van der Waals surface area (Å²) in [6.45, 7) is 0.415. The molecule has 0 radical (unpaired) electrons. The summed E-state index contributed by atoms with van der Waals surface area (Å²) in [6, 6.07) is -3.25. The van der Waals surface area contributed by atoms with Crippen molar-refractivity contribution in [3.05, 3.63) is 11.6 Å². The first kappa shape index (κ1) is 40.5. The van der Waals surface area contributed by atoms with Crippen LogP contribution >= 0.6 is 0 Å². The zero-order valence-electron chi connectivity index (χ0n) is 26.8. The number of nitrogens with one attached hydrogen (secondary N) is 6. The van der Waals surface area contributed by atoms with Gasteiger partial charge in [-0.2, -0.15) is 0 Å². The molecule has 0 aromatic heterocycles. The third kappa shape index (κ3) is 12.1. The summed E-state index contributed by atoms with van der Waals surface area (Å²) in [6.07, 6.45) is -7.68. The molecule has 0 spiro atoms. The maximum absolute atomic E-state index is 12.8. The number of ether oxygens (including phenoxy) is 2. The minimum Gasteiger partial charge on any atom is -0.481 e. The minimum atomic E-state index is -1.79. The smallest absolute Gasteiger partial charge is 0.396 e. The molecular weight excluding hydrogens is 657 g/mol. The number of aliphatic hydroxyl groups excluding tert-OH is 4. The summed E-state index contributed by atoms with van der Waals surface area (Å²) >= 11 is 0. The van der Waals surface area contributed by atoms with E-state index in [1.165, 1.54) is 6.08 Å². The van der Waals surface area contributed by atoms with Gasteiger partial charge in [0.1, 0.15) is 12.2 Å². The third-order valence-electron chi connectivity index (χ3n) is 8.19. The van der Waals surface area contributed by atoms with Gasteiger partial charge in [-0.1, -0.05) is 6.08 Å². The Kier molecular flexibility index (Phi) is 15.5. The molecule has 0 bridgehead atoms. The molecule has 0 aromatic carbocycles. The van der Waals surface area contributed by atoms with Crippen molar-refractivity contribution >= 4 is 49.4 Å². The molecule has 2 aliphatic carbocycles. The Hall–Kier alpha value is -4.67. The Bertz CT molecular complexity index is 1270. The van der Waals surface area contributed by atoms with Crippen molar-refractivity contribution in [1.82, 2.24) is 26.4 Å². The minimum absolute atomic E-state index is 0.0254. The van der Waals surface area contributed by atoms with Crippen LogP contribution in [0.5, 0.6) is 0 Å². The quantitative estimate of drug-likeness (QED) is 0.0386. The maximum Gasteiger partial charge on any atom is 0.396 e. The number of amides is 4. The fourth-order valence-corrected chi connectivity index (χ4v) is 6.09. The molecule has 274 valence electrons. The molecule has 49 heavy (non-hydrogen) atoms. The highest BCUT2D eigenvalue weighted by molar-refractivity contribution is 6.37. The number of hydrogen-bond donors (Lipinski definition) is 13. The maximum atomic E-state index is 12.8. The van der Waals surface area contributed by atoms with Crippen molar-refractivity contribution in [2.24, 2.45) is 23.5 Å². The number of guanidine groups is 1. The lowest BCUT2D eigenvalue weighted by Gasteiger charge is -2.36. The molecule has 0 heterocycles. The summed E-state index contributed by atoms with van der Waals surface area (Å²) in [5.41, 5.74) is 5.51. The van der Waals surface area contributed by atoms with E-state index in [1.807, 2.05) is 0 Å². The van der Waals surface area contributed by atoms with Gasteiger partial charge < -0.3 is 72.3 Å². The van der Waals surface area contributed by atoms with E-state index >= 15 is 0 Å². The van der Waals surface area contributed by atoms with E-state index in [1.54, 1.807) is 0 Å². The van der Waals surface area contributed by atoms with E-state index in [9.17, 15) is 59.4 Å². The molecule has 0 aromatic rings. The van der Waals surface area contributed by atoms with Gasteiger partial charge in [-0.15, -0.1) is 0 Å². The van der Waals surface area contributed by atoms with Crippen molar-refractivity contribution in [1.29, 1.82) is 5.41 Å². The Morgan fingerprint density at radius 1 is 0.918 bits per heavy atom. The molecule has 1 saturated carbocycles. The van der Waals surface area contributed by atoms with Crippen LogP contribution in [0.3, 0.4) is 0 Å². The van der Waals surface area contributed by atoms with Gasteiger partial charge in [0.15, 0.2) is 18.2 Å². The largest absolute Gasteiger partial charge is 0.481 e. The van der Waals surface area contributed by atoms with Crippen LogP contribution in [0.1, 0.15) is 39.5 Å². The second kappa shape index (κ2) is 18.8. The fraction of sp³-hybridized carbons (Fsp3) is 0.667. The Morgan fingerprint density at radius 3 is 1.86 bits per heavy atom. The lowest BCUT2D eigenvalue weighted by Crippen LogP contribution is -2.59. The van der Waals surface area contributed by atoms with Gasteiger partial charge in [0, 0.05) is 37.3 Å². The number of carbonyl (C=O) groups excluding carboxylic acids is 4. The van der Waals surface area contributed by atoms with Crippen molar-refractivity contribution in [3.8, 4) is 0 Å². The van der Waals surface area contributed by atoms with E-state index in [2.05, 4.69) is 26.4 Å². The third-order valence-corrected chi connectivity index (χ3v) is 8.19. The van der Waals surface area contributed by atoms with Gasteiger partial charge in [-0.05, 0) is 25.7 Å². The van der Waals surface area contributed by atoms with Crippen LogP contribution in [0.4, 0.5) is 9.59 Å². The highest BCUT2D eigenvalue weighted by Gasteiger charge is 2.47. The SMILES string of the molecule is CC(=O)N[C@H]([C@@H](OC(=O)NBNC(=O)O[C@H]([C@@H](NC(C)=O)[C@@H]1C[C@@H](C(=O)O)C[C@H]1NC(=N)N)[C@@H](O)CO)[C@@H](O)CO)[C@@H]1C=C(C(=O)O)CC1. The molecule has 22 heteroatoms. The van der Waals surface area contributed by atoms with E-state index in [0.29, 0.717) is 0 Å². The average molecular weight is 701 g/mol. The Morgan fingerprint density at radius 2 is 1.43 bits per heavy atom. The van der Waals surface area contributed by atoms with Crippen LogP contribution in [0.2, 0.25) is 0 Å². The molecule has 10 atom stereocenters. The van der Waals surface area contributed by atoms with Crippen LogP contribution in [0, 0.1) is 23.2 Å². The first-order chi connectivity index (χ1) is 23.0. The summed E-state index contributed by atoms with van der Waals surface area (Å²) < 4.78 is 10.6. The Balaban J connectivity index is 2.16. The molecule has 2 aliphatic rings. The molecule has 1 fully saturated rings. The van der Waals surface area contributed by atoms with Crippen molar-refractivity contribution in [2.75, 3.05) is 13.2 Å². The number of carbonyl (C=O) groups is 6. The van der Waals surface area contributed by atoms with Crippen LogP contribution in [-0.4, -0.2) is 136 Å². The van der Waals surface area contributed by atoms with Crippen LogP contribution in [0.25, 0.3) is 0 Å². The van der Waals surface area contributed by atoms with Crippen molar-refractivity contribution in [2.45, 2.75) is 82.1 Å². The average Bonchev–Trinajstić information content (AvgIpc) is 3.67. The van der Waals surface area contributed by atoms with E-state index in [0.717, 1.165) is 13.8 Å². The molecule has 0 aliphatic heterocycles. The van der Waals surface area contributed by atoms with Gasteiger partial charge >= 0.3 is 31.7 Å². The summed E-state index contributed by atoms with van der Waals surface area (Å²) in [5, 5.41) is 78.7. The standard InChI is InChI=1S/C27H44BN7O14/c1-10(38)31-19(12-3-4-13(5-12)23(42)43)21(17(40)8-36)48-26(46)34-28-35-27(47)49-22(18(41)9-37)20(32-11(2)39)15-6-14(24(44)45)7-16(15)33-25(29)30/h5,12,14-22,28,36-37,40-41H,3-4,6-9H2,1-2H3,(H,31,38)(H,32,39)(H,34,46)(H,35,47)(H,42,43)(H,44,45)(H4,29,30,33)/t12-,14+,15+,16+,17-,18-,19-,20-,21-,22-/m0/s1. The lowest BCUT2D eigenvalue weighted by atomic mass is 9.87. The number of carboxylic acid groups (broad SMARTS) is 2. The number of rotatable bonds is 17. The molecule has 21 nitrogen and oxygen atoms in total. The summed E-state index contributed by atoms with van der Waals surface area (Å²) in [7, 11) is -0.692. The fourth-order valence-electron chi connectivity index (χ4n) is 6.09. The second-order valence-electron chi connectivity index (χ2n) is 11.8. The molecular formula is C27H44BN7O14. The summed E-state index contributed by atoms with van der Waals surface area (Å²) in [4.78, 5) is 72.7. The predicted octanol–water partition coefficient (Wildman–Crippen LogP) is -4.46. The van der Waals surface area contributed by atoms with E-state index < -0.39 is 123 Å². The molecule has 2 rings (SSSR count). The topological polar surface area (TPSA) is 352 Å². The first-order valence-electron chi connectivity index (χ1n) is 15.3. The van der Waals surface area contributed by atoms with Crippen molar-refractivity contribution < 1.29 is 68.9 Å². The molecule has 14 N–H and O–H groups in total. The number of nitrogens with two attached hydrogens (primary N) is 1. The Labute approximate surface area is 280 Å². The monoisotopic (exact) mass is 701 g/mol. The predicted molar refractivity (Wildman–Crippen MR) is 166 cm³/mol. The molecule has 4 amide bonds. The number of hydrogen-bond acceptors (Lipinski definition) is 13. The van der Waals surface area contributed by atoms with Gasteiger partial charge in [-0.3, -0.25) is 19.8 Å². The molecule has 0 saturated heterocycles. The van der Waals surface area contributed by atoms with Crippen LogP contribution in [-0.2, 0) is 28.7 Å². The summed E-state index contributed by atoms with van der Waals surface area (Å²) in [5.74, 6) is -6.61. The zero-order valence-corrected chi connectivity index (χ0v) is 26.8. The first-order valence-corrected chi connectivity index (χ1v) is 15.3. The van der Waals surface area contributed by atoms with Gasteiger partial charge in [0.2, 0.25) is 11.8 Å². The van der Waals surface area contributed by atoms with Gasteiger partial charge in [0.25, 0.3) is 0 Å². The highest BCUT2D eigenvalue weighted by atomic mass is 16.6. The zero-order chi connectivity index (χ0) is 37.0. The van der Waals surface area contributed by atoms with E-state index in [4.69, 9.17) is 20.6 Å². The number of aliphatic hydroxyl groups is 4. The number of carboxylic acids is 2. The normalized spacial score (nSPS) is 23.6. The van der Waals surface area contributed by atoms with Crippen molar-refractivity contribution in [3.63, 3.8) is 0 Å². The number of aliphatic carboxylic acids is 2. The van der Waals surface area contributed by atoms with Crippen LogP contribution in [0.15, 0.2) is 11.6 Å². The molecule has 0 unspecified atom stereocenters. The van der Waals surface area contributed by atoms with Gasteiger partial charge in [-0.25, -0.2) is 14.4 Å². The lowest BCUT2D eigenvalue weighted by molar-refractivity contribution is -0.141.